The molecule has 0 aliphatic carbocycles. The number of nitrogen functional groups attached to an aromatic ring is 1. The fraction of sp³-hybridized carbons (Fsp3) is 0.304. The van der Waals surface area contributed by atoms with Gasteiger partial charge in [0.05, 0.1) is 19.1 Å². The molecule has 1 unspecified atom stereocenters. The lowest BCUT2D eigenvalue weighted by atomic mass is 9.98. The van der Waals surface area contributed by atoms with Crippen LogP contribution in [0.15, 0.2) is 0 Å². The largest absolute Gasteiger partial charge is 0.504 e. The lowest BCUT2D eigenvalue weighted by Crippen LogP contribution is -2.40. The summed E-state index contributed by atoms with van der Waals surface area (Å²) in [6.07, 6.45) is -1.75. The molecular weight excluding hydrogens is 572 g/mol. The summed E-state index contributed by atoms with van der Waals surface area (Å²) in [6, 6.07) is 0. The van der Waals surface area contributed by atoms with Crippen molar-refractivity contribution in [1.82, 2.24) is 10.3 Å². The van der Waals surface area contributed by atoms with Crippen LogP contribution in [0.5, 0.6) is 51.1 Å². The van der Waals surface area contributed by atoms with Crippen LogP contribution < -0.4 is 16.4 Å². The van der Waals surface area contributed by atoms with Crippen molar-refractivity contribution < 1.29 is 65.7 Å². The van der Waals surface area contributed by atoms with Crippen LogP contribution in [0.25, 0.3) is 0 Å². The second kappa shape index (κ2) is 11.5. The van der Waals surface area contributed by atoms with Crippen molar-refractivity contribution in [1.29, 1.82) is 0 Å². The van der Waals surface area contributed by atoms with E-state index < -0.39 is 88.0 Å². The molecule has 1 heterocycles. The normalized spacial score (nSPS) is 12.4. The van der Waals surface area contributed by atoms with Gasteiger partial charge in [-0.05, 0) is 6.92 Å². The van der Waals surface area contributed by atoms with Gasteiger partial charge >= 0.3 is 0 Å². The highest BCUT2D eigenvalue weighted by atomic mass is 32.1. The zero-order valence-corrected chi connectivity index (χ0v) is 22.2. The molecule has 1 atom stereocenters. The van der Waals surface area contributed by atoms with Crippen LogP contribution in [0.3, 0.4) is 0 Å². The number of methoxy groups -OCH3 is 1. The van der Waals surface area contributed by atoms with E-state index in [4.69, 9.17) is 10.5 Å². The molecule has 224 valence electrons. The van der Waals surface area contributed by atoms with Crippen LogP contribution in [-0.4, -0.2) is 87.3 Å². The van der Waals surface area contributed by atoms with Crippen LogP contribution in [0.2, 0.25) is 0 Å². The van der Waals surface area contributed by atoms with Crippen molar-refractivity contribution in [3.05, 3.63) is 22.4 Å². The SMILES string of the molecule is COC(CNCC(O)(O)c1c(O)c(O)c(NC(=O)Cc2nc(N)sc2O)c(O)c1O)c1c(C)c(O)c(O)c(O)c1O. The number of aromatic nitrogens is 1. The topological polar surface area (TPSA) is 312 Å². The molecule has 41 heavy (non-hydrogen) atoms. The van der Waals surface area contributed by atoms with E-state index in [0.717, 1.165) is 0 Å². The average molecular weight is 601 g/mol. The van der Waals surface area contributed by atoms with Gasteiger partial charge in [0.1, 0.15) is 16.9 Å². The average Bonchev–Trinajstić information content (AvgIpc) is 3.22. The number of rotatable bonds is 10. The fourth-order valence-electron chi connectivity index (χ4n) is 4.01. The van der Waals surface area contributed by atoms with Crippen LogP contribution >= 0.6 is 11.3 Å². The van der Waals surface area contributed by atoms with Crippen LogP contribution in [0.4, 0.5) is 10.8 Å². The molecule has 0 spiro atoms. The van der Waals surface area contributed by atoms with Crippen molar-refractivity contribution in [2.45, 2.75) is 25.2 Å². The summed E-state index contributed by atoms with van der Waals surface area (Å²) < 4.78 is 5.22. The fourth-order valence-corrected chi connectivity index (χ4v) is 4.60. The minimum atomic E-state index is -3.19. The van der Waals surface area contributed by atoms with Gasteiger partial charge in [-0.15, -0.1) is 0 Å². The van der Waals surface area contributed by atoms with Crippen molar-refractivity contribution in [3.8, 4) is 51.1 Å². The number of phenolic OH excluding ortho intramolecular Hbond substituents is 8. The molecule has 0 fully saturated rings. The molecule has 3 rings (SSSR count). The number of nitrogens with zero attached hydrogens (tertiary/aromatic N) is 1. The van der Waals surface area contributed by atoms with Gasteiger partial charge in [0.25, 0.3) is 0 Å². The number of amides is 1. The summed E-state index contributed by atoms with van der Waals surface area (Å²) >= 11 is 0.694. The number of anilines is 2. The zero-order chi connectivity index (χ0) is 31.0. The Morgan fingerprint density at radius 3 is 2.00 bits per heavy atom. The maximum absolute atomic E-state index is 12.3. The molecule has 0 aliphatic rings. The minimum Gasteiger partial charge on any atom is -0.504 e. The molecule has 18 heteroatoms. The predicted octanol–water partition coefficient (Wildman–Crippen LogP) is -0.320. The molecular formula is C23H28N4O13S. The number of carbonyl (C=O) groups excluding carboxylic acids is 1. The van der Waals surface area contributed by atoms with E-state index in [2.05, 4.69) is 10.3 Å². The second-order valence-corrected chi connectivity index (χ2v) is 9.79. The first-order valence-corrected chi connectivity index (χ1v) is 12.2. The molecule has 0 radical (unpaired) electrons. The van der Waals surface area contributed by atoms with E-state index in [1.165, 1.54) is 14.0 Å². The van der Waals surface area contributed by atoms with E-state index in [1.54, 1.807) is 0 Å². The summed E-state index contributed by atoms with van der Waals surface area (Å²) in [5, 5.41) is 116. The highest BCUT2D eigenvalue weighted by molar-refractivity contribution is 7.17. The van der Waals surface area contributed by atoms with Crippen molar-refractivity contribution in [3.63, 3.8) is 0 Å². The standard InChI is InChI=1S/C23H28N4O13S/c1-6-10(14(30)20(36)19(35)13(6)29)8(40-2)4-25-5-23(38,39)11-15(31)17(33)12(18(34)16(11)32)27-9(28)3-7-21(37)41-22(24)26-7/h8,25,29-39H,3-5H2,1-2H3,(H2,24,26)(H,27,28). The highest BCUT2D eigenvalue weighted by Gasteiger charge is 2.38. The number of aromatic hydroxyl groups is 9. The minimum absolute atomic E-state index is 0.0328. The number of nitrogens with two attached hydrogens (primary N) is 1. The van der Waals surface area contributed by atoms with Crippen molar-refractivity contribution >= 4 is 28.1 Å². The molecule has 0 saturated carbocycles. The van der Waals surface area contributed by atoms with E-state index in [-0.39, 0.29) is 33.6 Å². The van der Waals surface area contributed by atoms with Gasteiger partial charge in [-0.1, -0.05) is 11.3 Å². The Morgan fingerprint density at radius 2 is 1.49 bits per heavy atom. The summed E-state index contributed by atoms with van der Waals surface area (Å²) in [7, 11) is 1.18. The first-order valence-electron chi connectivity index (χ1n) is 11.4. The molecule has 0 bridgehead atoms. The Labute approximate surface area is 234 Å². The Kier molecular flexibility index (Phi) is 8.65. The smallest absolute Gasteiger partial charge is 0.230 e. The number of ether oxygens (including phenoxy) is 1. The first kappa shape index (κ1) is 30.9. The Morgan fingerprint density at radius 1 is 0.927 bits per heavy atom. The van der Waals surface area contributed by atoms with Gasteiger partial charge in [0.2, 0.25) is 23.2 Å². The lowest BCUT2D eigenvalue weighted by Gasteiger charge is -2.27. The summed E-state index contributed by atoms with van der Waals surface area (Å²) in [6.45, 7) is 0.0208. The van der Waals surface area contributed by atoms with Gasteiger partial charge in [-0.2, -0.15) is 0 Å². The molecule has 0 aliphatic heterocycles. The molecule has 17 nitrogen and oxygen atoms in total. The van der Waals surface area contributed by atoms with Gasteiger partial charge < -0.3 is 77.3 Å². The number of phenols is 8. The number of carbonyl (C=O) groups is 1. The van der Waals surface area contributed by atoms with E-state index in [9.17, 15) is 61.0 Å². The highest BCUT2D eigenvalue weighted by Crippen LogP contribution is 2.53. The molecule has 15 N–H and O–H groups in total. The maximum atomic E-state index is 12.3. The zero-order valence-electron chi connectivity index (χ0n) is 21.4. The third-order valence-corrected chi connectivity index (χ3v) is 6.81. The van der Waals surface area contributed by atoms with E-state index in [0.29, 0.717) is 11.3 Å². The van der Waals surface area contributed by atoms with Crippen molar-refractivity contribution in [2.24, 2.45) is 0 Å². The van der Waals surface area contributed by atoms with Gasteiger partial charge in [0.15, 0.2) is 44.7 Å². The third kappa shape index (κ3) is 5.81. The number of aliphatic hydroxyl groups is 2. The molecule has 1 amide bonds. The number of hydrogen-bond donors (Lipinski definition) is 14. The van der Waals surface area contributed by atoms with Crippen molar-refractivity contribution in [2.75, 3.05) is 31.2 Å². The Hall–Kier alpha value is -4.62. The number of hydrogen-bond acceptors (Lipinski definition) is 17. The van der Waals surface area contributed by atoms with Gasteiger partial charge in [-0.25, -0.2) is 4.98 Å². The molecule has 0 saturated heterocycles. The first-order chi connectivity index (χ1) is 19.0. The van der Waals surface area contributed by atoms with E-state index in [1.807, 2.05) is 5.32 Å². The maximum Gasteiger partial charge on any atom is 0.230 e. The number of nitrogens with one attached hydrogen (secondary N) is 2. The monoisotopic (exact) mass is 600 g/mol. The second-order valence-electron chi connectivity index (χ2n) is 8.78. The quantitative estimate of drug-likeness (QED) is 0.0805. The third-order valence-electron chi connectivity index (χ3n) is 6.08. The molecule has 2 aromatic carbocycles. The Bertz CT molecular complexity index is 1430. The van der Waals surface area contributed by atoms with Gasteiger partial charge in [-0.3, -0.25) is 4.79 Å². The lowest BCUT2D eigenvalue weighted by molar-refractivity contribution is -0.168. The molecule has 3 aromatic rings. The van der Waals surface area contributed by atoms with Crippen LogP contribution in [-0.2, 0) is 21.7 Å². The molecule has 1 aromatic heterocycles. The predicted molar refractivity (Wildman–Crippen MR) is 140 cm³/mol. The van der Waals surface area contributed by atoms with Crippen LogP contribution in [0.1, 0.15) is 28.5 Å². The van der Waals surface area contributed by atoms with Crippen LogP contribution in [0, 0.1) is 6.92 Å². The Balaban J connectivity index is 1.82. The number of thiazole rings is 1. The van der Waals surface area contributed by atoms with Gasteiger partial charge in [0, 0.05) is 24.8 Å². The summed E-state index contributed by atoms with van der Waals surface area (Å²) in [4.78, 5) is 16.1. The summed E-state index contributed by atoms with van der Waals surface area (Å²) in [5.74, 6) is -12.9. The number of benzene rings is 2. The summed E-state index contributed by atoms with van der Waals surface area (Å²) in [5.41, 5.74) is 3.04. The van der Waals surface area contributed by atoms with E-state index >= 15 is 0 Å².